The van der Waals surface area contributed by atoms with Gasteiger partial charge in [-0.25, -0.2) is 0 Å². The van der Waals surface area contributed by atoms with Gasteiger partial charge in [-0.1, -0.05) is 18.2 Å². The lowest BCUT2D eigenvalue weighted by molar-refractivity contribution is 0.0965. The Balaban J connectivity index is 2.17. The lowest BCUT2D eigenvalue weighted by atomic mass is 10.1. The molecule has 0 atom stereocenters. The van der Waals surface area contributed by atoms with Crippen LogP contribution < -0.4 is 0 Å². The Hall–Kier alpha value is -1.19. The molecule has 0 radical (unpaired) electrons. The molecule has 0 saturated carbocycles. The van der Waals surface area contributed by atoms with E-state index in [0.717, 1.165) is 17.4 Å². The van der Waals surface area contributed by atoms with Gasteiger partial charge in [-0.05, 0) is 12.5 Å². The van der Waals surface area contributed by atoms with Crippen LogP contribution in [0.3, 0.4) is 0 Å². The van der Waals surface area contributed by atoms with Crippen LogP contribution in [-0.2, 0) is 4.74 Å². The van der Waals surface area contributed by atoms with Crippen molar-refractivity contribution in [3.05, 3.63) is 35.2 Å². The number of fused-ring (bicyclic) bond motifs is 1. The first kappa shape index (κ1) is 11.3. The summed E-state index contributed by atoms with van der Waals surface area (Å²) in [6, 6.07) is 8.03. The first-order valence-corrected chi connectivity index (χ1v) is 6.19. The van der Waals surface area contributed by atoms with E-state index in [1.807, 2.05) is 29.6 Å². The van der Waals surface area contributed by atoms with Crippen LogP contribution in [0.2, 0.25) is 0 Å². The van der Waals surface area contributed by atoms with Gasteiger partial charge in [0, 0.05) is 41.2 Å². The average Bonchev–Trinajstić information content (AvgIpc) is 2.73. The number of thiophene rings is 1. The number of carbonyl (C=O) groups is 1. The van der Waals surface area contributed by atoms with Crippen molar-refractivity contribution >= 4 is 27.2 Å². The minimum absolute atomic E-state index is 0.217. The summed E-state index contributed by atoms with van der Waals surface area (Å²) in [6.07, 6.45) is 1.36. The fourth-order valence-electron chi connectivity index (χ4n) is 1.71. The molecule has 2 nitrogen and oxygen atoms in total. The molecular weight excluding hydrogens is 220 g/mol. The van der Waals surface area contributed by atoms with Crippen LogP contribution in [-0.4, -0.2) is 19.5 Å². The van der Waals surface area contributed by atoms with Gasteiger partial charge in [0.1, 0.15) is 0 Å². The molecule has 0 amide bonds. The summed E-state index contributed by atoms with van der Waals surface area (Å²) in [5.74, 6) is 0.217. The van der Waals surface area contributed by atoms with Crippen LogP contribution in [0.15, 0.2) is 29.6 Å². The lowest BCUT2D eigenvalue weighted by Crippen LogP contribution is -2.00. The molecule has 0 fully saturated rings. The SMILES string of the molecule is COCCCC(=O)c1csc2ccccc12. The number of hydrogen-bond donors (Lipinski definition) is 0. The molecule has 0 bridgehead atoms. The third-order valence-corrected chi connectivity index (χ3v) is 3.50. The number of ketones is 1. The highest BCUT2D eigenvalue weighted by molar-refractivity contribution is 7.17. The molecule has 0 spiro atoms. The molecule has 3 heteroatoms. The predicted octanol–water partition coefficient (Wildman–Crippen LogP) is 3.51. The van der Waals surface area contributed by atoms with Crippen LogP contribution in [0.5, 0.6) is 0 Å². The predicted molar refractivity (Wildman–Crippen MR) is 67.3 cm³/mol. The molecule has 16 heavy (non-hydrogen) atoms. The highest BCUT2D eigenvalue weighted by Crippen LogP contribution is 2.26. The van der Waals surface area contributed by atoms with Crippen molar-refractivity contribution < 1.29 is 9.53 Å². The second-order valence-corrected chi connectivity index (χ2v) is 4.58. The van der Waals surface area contributed by atoms with Gasteiger partial charge in [-0.15, -0.1) is 11.3 Å². The molecule has 0 N–H and O–H groups in total. The largest absolute Gasteiger partial charge is 0.385 e. The van der Waals surface area contributed by atoms with Gasteiger partial charge in [-0.3, -0.25) is 4.79 Å². The number of carbonyl (C=O) groups excluding carboxylic acids is 1. The maximum atomic E-state index is 11.9. The summed E-state index contributed by atoms with van der Waals surface area (Å²) < 4.78 is 6.13. The molecule has 2 aromatic rings. The van der Waals surface area contributed by atoms with Gasteiger partial charge in [0.2, 0.25) is 0 Å². The Morgan fingerprint density at radius 3 is 3.00 bits per heavy atom. The molecule has 1 aromatic heterocycles. The Kier molecular flexibility index (Phi) is 3.70. The highest BCUT2D eigenvalue weighted by atomic mass is 32.1. The molecule has 0 aliphatic rings. The van der Waals surface area contributed by atoms with Crippen molar-refractivity contribution in [2.24, 2.45) is 0 Å². The Morgan fingerprint density at radius 2 is 2.19 bits per heavy atom. The number of ether oxygens (including phenoxy) is 1. The maximum absolute atomic E-state index is 11.9. The van der Waals surface area contributed by atoms with Crippen LogP contribution in [0, 0.1) is 0 Å². The summed E-state index contributed by atoms with van der Waals surface area (Å²) in [7, 11) is 1.66. The standard InChI is InChI=1S/C13H14O2S/c1-15-8-4-6-12(14)11-9-16-13-7-3-2-5-10(11)13/h2-3,5,7,9H,4,6,8H2,1H3. The van der Waals surface area contributed by atoms with Gasteiger partial charge < -0.3 is 4.74 Å². The Labute approximate surface area is 98.9 Å². The van der Waals surface area contributed by atoms with E-state index in [2.05, 4.69) is 0 Å². The first-order chi connectivity index (χ1) is 7.83. The second kappa shape index (κ2) is 5.23. The van der Waals surface area contributed by atoms with Crippen molar-refractivity contribution in [3.8, 4) is 0 Å². The molecule has 0 unspecified atom stereocenters. The van der Waals surface area contributed by atoms with Crippen LogP contribution >= 0.6 is 11.3 Å². The third-order valence-electron chi connectivity index (χ3n) is 2.53. The van der Waals surface area contributed by atoms with Crippen molar-refractivity contribution in [2.45, 2.75) is 12.8 Å². The number of benzene rings is 1. The summed E-state index contributed by atoms with van der Waals surface area (Å²) >= 11 is 1.63. The highest BCUT2D eigenvalue weighted by Gasteiger charge is 2.11. The van der Waals surface area contributed by atoms with E-state index in [1.54, 1.807) is 18.4 Å². The molecule has 84 valence electrons. The van der Waals surface area contributed by atoms with E-state index in [0.29, 0.717) is 13.0 Å². The van der Waals surface area contributed by atoms with Crippen LogP contribution in [0.25, 0.3) is 10.1 Å². The molecule has 0 aliphatic carbocycles. The van der Waals surface area contributed by atoms with Gasteiger partial charge in [0.25, 0.3) is 0 Å². The Morgan fingerprint density at radius 1 is 1.38 bits per heavy atom. The fraction of sp³-hybridized carbons (Fsp3) is 0.308. The molecule has 2 rings (SSSR count). The van der Waals surface area contributed by atoms with Gasteiger partial charge in [-0.2, -0.15) is 0 Å². The summed E-state index contributed by atoms with van der Waals surface area (Å²) in [5.41, 5.74) is 0.858. The number of Topliss-reactive ketones (excluding diaryl/α,β-unsaturated/α-hetero) is 1. The first-order valence-electron chi connectivity index (χ1n) is 5.31. The summed E-state index contributed by atoms with van der Waals surface area (Å²) in [5, 5.41) is 3.04. The normalized spacial score (nSPS) is 10.8. The molecule has 0 aliphatic heterocycles. The van der Waals surface area contributed by atoms with E-state index in [1.165, 1.54) is 4.70 Å². The fourth-order valence-corrected chi connectivity index (χ4v) is 2.67. The van der Waals surface area contributed by atoms with Crippen molar-refractivity contribution in [3.63, 3.8) is 0 Å². The smallest absolute Gasteiger partial charge is 0.164 e. The van der Waals surface area contributed by atoms with E-state index in [9.17, 15) is 4.79 Å². The van der Waals surface area contributed by atoms with Gasteiger partial charge in [0.15, 0.2) is 5.78 Å². The summed E-state index contributed by atoms with van der Waals surface area (Å²) in [4.78, 5) is 11.9. The third kappa shape index (κ3) is 2.31. The molecule has 1 heterocycles. The maximum Gasteiger partial charge on any atom is 0.164 e. The summed E-state index contributed by atoms with van der Waals surface area (Å²) in [6.45, 7) is 0.647. The molecule has 1 aromatic carbocycles. The number of rotatable bonds is 5. The second-order valence-electron chi connectivity index (χ2n) is 3.67. The van der Waals surface area contributed by atoms with Crippen LogP contribution in [0.4, 0.5) is 0 Å². The number of methoxy groups -OCH3 is 1. The quantitative estimate of drug-likeness (QED) is 0.584. The zero-order chi connectivity index (χ0) is 11.4. The van der Waals surface area contributed by atoms with Gasteiger partial charge >= 0.3 is 0 Å². The molecular formula is C13H14O2S. The molecule has 0 saturated heterocycles. The van der Waals surface area contributed by atoms with Crippen molar-refractivity contribution in [2.75, 3.05) is 13.7 Å². The van der Waals surface area contributed by atoms with Crippen molar-refractivity contribution in [1.82, 2.24) is 0 Å². The zero-order valence-corrected chi connectivity index (χ0v) is 10.0. The Bertz CT molecular complexity index is 487. The number of hydrogen-bond acceptors (Lipinski definition) is 3. The van der Waals surface area contributed by atoms with E-state index in [-0.39, 0.29) is 5.78 Å². The minimum Gasteiger partial charge on any atom is -0.385 e. The zero-order valence-electron chi connectivity index (χ0n) is 9.23. The minimum atomic E-state index is 0.217. The van der Waals surface area contributed by atoms with Crippen molar-refractivity contribution in [1.29, 1.82) is 0 Å². The van der Waals surface area contributed by atoms with E-state index < -0.39 is 0 Å². The van der Waals surface area contributed by atoms with Crippen LogP contribution in [0.1, 0.15) is 23.2 Å². The average molecular weight is 234 g/mol. The lowest BCUT2D eigenvalue weighted by Gasteiger charge is -1.99. The topological polar surface area (TPSA) is 26.3 Å². The van der Waals surface area contributed by atoms with E-state index >= 15 is 0 Å². The van der Waals surface area contributed by atoms with Gasteiger partial charge in [0.05, 0.1) is 0 Å². The monoisotopic (exact) mass is 234 g/mol. The van der Waals surface area contributed by atoms with E-state index in [4.69, 9.17) is 4.74 Å².